The Kier molecular flexibility index (Phi) is 6.71. The first-order valence-electron chi connectivity index (χ1n) is 9.99. The Bertz CT molecular complexity index is 1160. The molecule has 31 heavy (non-hydrogen) atoms. The van der Waals surface area contributed by atoms with Crippen LogP contribution in [0.15, 0.2) is 64.9 Å². The maximum absolute atomic E-state index is 12.7. The van der Waals surface area contributed by atoms with Crippen LogP contribution in [0.3, 0.4) is 0 Å². The Hall–Kier alpha value is -2.26. The number of thiazole rings is 1. The quantitative estimate of drug-likeness (QED) is 0.576. The van der Waals surface area contributed by atoms with Gasteiger partial charge in [-0.3, -0.25) is 4.79 Å². The lowest BCUT2D eigenvalue weighted by Crippen LogP contribution is -2.41. The van der Waals surface area contributed by atoms with E-state index >= 15 is 0 Å². The molecule has 0 unspecified atom stereocenters. The second-order valence-electron chi connectivity index (χ2n) is 7.39. The summed E-state index contributed by atoms with van der Waals surface area (Å²) in [6.07, 6.45) is 1.41. The SMILES string of the molecule is O=C(NCC1CCN(S(=O)(=O)c2ccccc2)CC1)c1csc(-c2ccccc2Cl)n1. The first kappa shape index (κ1) is 22.0. The molecule has 2 heterocycles. The van der Waals surface area contributed by atoms with Crippen LogP contribution in [0.25, 0.3) is 10.6 Å². The molecule has 162 valence electrons. The van der Waals surface area contributed by atoms with Crippen molar-refractivity contribution in [3.05, 3.63) is 70.7 Å². The van der Waals surface area contributed by atoms with E-state index in [0.717, 1.165) is 5.56 Å². The lowest BCUT2D eigenvalue weighted by Gasteiger charge is -2.31. The number of benzene rings is 2. The number of aromatic nitrogens is 1. The Balaban J connectivity index is 1.30. The first-order valence-corrected chi connectivity index (χ1v) is 12.7. The molecule has 4 rings (SSSR count). The van der Waals surface area contributed by atoms with E-state index in [4.69, 9.17) is 11.6 Å². The predicted octanol–water partition coefficient (Wildman–Crippen LogP) is 4.29. The lowest BCUT2D eigenvalue weighted by atomic mass is 9.98. The highest BCUT2D eigenvalue weighted by molar-refractivity contribution is 7.89. The molecule has 0 bridgehead atoms. The largest absolute Gasteiger partial charge is 0.350 e. The van der Waals surface area contributed by atoms with E-state index < -0.39 is 10.0 Å². The standard InChI is InChI=1S/C22H22ClN3O3S2/c23-19-9-5-4-8-18(19)22-25-20(15-30-22)21(27)24-14-16-10-12-26(13-11-16)31(28,29)17-6-2-1-3-7-17/h1-9,15-16H,10-14H2,(H,24,27). The number of nitrogens with zero attached hydrogens (tertiary/aromatic N) is 2. The Morgan fingerprint density at radius 1 is 1.10 bits per heavy atom. The van der Waals surface area contributed by atoms with E-state index in [1.165, 1.54) is 15.6 Å². The highest BCUT2D eigenvalue weighted by Gasteiger charge is 2.29. The molecule has 1 aliphatic heterocycles. The van der Waals surface area contributed by atoms with Gasteiger partial charge >= 0.3 is 0 Å². The van der Waals surface area contributed by atoms with Crippen molar-refractivity contribution in [3.8, 4) is 10.6 Å². The van der Waals surface area contributed by atoms with Gasteiger partial charge in [0.25, 0.3) is 5.91 Å². The van der Waals surface area contributed by atoms with E-state index in [2.05, 4.69) is 10.3 Å². The number of carbonyl (C=O) groups is 1. The fraction of sp³-hybridized carbons (Fsp3) is 0.273. The van der Waals surface area contributed by atoms with Gasteiger partial charge in [0.05, 0.1) is 9.92 Å². The second kappa shape index (κ2) is 9.48. The molecule has 0 spiro atoms. The number of nitrogens with one attached hydrogen (secondary N) is 1. The summed E-state index contributed by atoms with van der Waals surface area (Å²) >= 11 is 7.59. The van der Waals surface area contributed by atoms with Crippen LogP contribution in [-0.2, 0) is 10.0 Å². The van der Waals surface area contributed by atoms with Crippen LogP contribution in [0.4, 0.5) is 0 Å². The highest BCUT2D eigenvalue weighted by Crippen LogP contribution is 2.30. The summed E-state index contributed by atoms with van der Waals surface area (Å²) in [5, 5.41) is 5.96. The minimum Gasteiger partial charge on any atom is -0.350 e. The number of carbonyl (C=O) groups excluding carboxylic acids is 1. The van der Waals surface area contributed by atoms with E-state index in [1.807, 2.05) is 18.2 Å². The second-order valence-corrected chi connectivity index (χ2v) is 10.6. The number of rotatable bonds is 6. The zero-order valence-corrected chi connectivity index (χ0v) is 19.1. The van der Waals surface area contributed by atoms with Crippen molar-refractivity contribution in [3.63, 3.8) is 0 Å². The van der Waals surface area contributed by atoms with Crippen LogP contribution < -0.4 is 5.32 Å². The van der Waals surface area contributed by atoms with Crippen LogP contribution >= 0.6 is 22.9 Å². The molecule has 3 aromatic rings. The van der Waals surface area contributed by atoms with Gasteiger partial charge in [-0.05, 0) is 37.0 Å². The Morgan fingerprint density at radius 2 is 1.77 bits per heavy atom. The van der Waals surface area contributed by atoms with Gasteiger partial charge < -0.3 is 5.32 Å². The van der Waals surface area contributed by atoms with E-state index in [1.54, 1.807) is 41.8 Å². The average Bonchev–Trinajstić information content (AvgIpc) is 3.29. The summed E-state index contributed by atoms with van der Waals surface area (Å²) in [6.45, 7) is 1.40. The number of sulfonamides is 1. The van der Waals surface area contributed by atoms with Crippen LogP contribution in [0.2, 0.25) is 5.02 Å². The molecule has 0 atom stereocenters. The average molecular weight is 476 g/mol. The van der Waals surface area contributed by atoms with Gasteiger partial charge in [-0.2, -0.15) is 4.31 Å². The molecule has 1 aromatic heterocycles. The molecule has 0 aliphatic carbocycles. The van der Waals surface area contributed by atoms with Gasteiger partial charge in [0.15, 0.2) is 0 Å². The van der Waals surface area contributed by atoms with Crippen molar-refractivity contribution in [1.82, 2.24) is 14.6 Å². The van der Waals surface area contributed by atoms with Gasteiger partial charge in [0.1, 0.15) is 10.7 Å². The van der Waals surface area contributed by atoms with Crippen molar-refractivity contribution in [1.29, 1.82) is 0 Å². The number of hydrogen-bond donors (Lipinski definition) is 1. The zero-order valence-electron chi connectivity index (χ0n) is 16.7. The Morgan fingerprint density at radius 3 is 2.48 bits per heavy atom. The molecule has 9 heteroatoms. The molecule has 1 amide bonds. The van der Waals surface area contributed by atoms with E-state index in [0.29, 0.717) is 53.1 Å². The van der Waals surface area contributed by atoms with E-state index in [-0.39, 0.29) is 11.8 Å². The normalized spacial score (nSPS) is 15.6. The summed E-state index contributed by atoms with van der Waals surface area (Å²) < 4.78 is 27.0. The molecule has 6 nitrogen and oxygen atoms in total. The number of amides is 1. The smallest absolute Gasteiger partial charge is 0.270 e. The van der Waals surface area contributed by atoms with Crippen LogP contribution in [0.5, 0.6) is 0 Å². The molecule has 1 aliphatic rings. The summed E-state index contributed by atoms with van der Waals surface area (Å²) in [4.78, 5) is 17.3. The van der Waals surface area contributed by atoms with Crippen molar-refractivity contribution in [2.75, 3.05) is 19.6 Å². The van der Waals surface area contributed by atoms with Crippen LogP contribution in [0.1, 0.15) is 23.3 Å². The summed E-state index contributed by atoms with van der Waals surface area (Å²) in [5.41, 5.74) is 1.17. The number of hydrogen-bond acceptors (Lipinski definition) is 5. The molecule has 0 saturated carbocycles. The van der Waals surface area contributed by atoms with Gasteiger partial charge in [-0.1, -0.05) is 48.0 Å². The fourth-order valence-electron chi connectivity index (χ4n) is 3.56. The van der Waals surface area contributed by atoms with Gasteiger partial charge in [0.2, 0.25) is 10.0 Å². The van der Waals surface area contributed by atoms with Crippen LogP contribution in [-0.4, -0.2) is 43.2 Å². The molecule has 2 aromatic carbocycles. The molecule has 0 radical (unpaired) electrons. The van der Waals surface area contributed by atoms with Gasteiger partial charge in [-0.25, -0.2) is 13.4 Å². The third kappa shape index (κ3) is 4.98. The monoisotopic (exact) mass is 475 g/mol. The number of piperidine rings is 1. The minimum atomic E-state index is -3.46. The molecule has 1 N–H and O–H groups in total. The minimum absolute atomic E-state index is 0.228. The third-order valence-corrected chi connectivity index (χ3v) is 8.46. The molecular formula is C22H22ClN3O3S2. The predicted molar refractivity (Wildman–Crippen MR) is 123 cm³/mol. The van der Waals surface area contributed by atoms with Crippen molar-refractivity contribution in [2.24, 2.45) is 5.92 Å². The molecular weight excluding hydrogens is 454 g/mol. The fourth-order valence-corrected chi connectivity index (χ4v) is 6.17. The molecule has 1 saturated heterocycles. The first-order chi connectivity index (χ1) is 14.9. The van der Waals surface area contributed by atoms with Gasteiger partial charge in [0, 0.05) is 30.6 Å². The summed E-state index contributed by atoms with van der Waals surface area (Å²) in [6, 6.07) is 15.9. The highest BCUT2D eigenvalue weighted by atomic mass is 35.5. The molecule has 1 fully saturated rings. The maximum atomic E-state index is 12.7. The van der Waals surface area contributed by atoms with Crippen molar-refractivity contribution in [2.45, 2.75) is 17.7 Å². The van der Waals surface area contributed by atoms with Crippen LogP contribution in [0, 0.1) is 5.92 Å². The zero-order chi connectivity index (χ0) is 21.8. The topological polar surface area (TPSA) is 79.4 Å². The lowest BCUT2D eigenvalue weighted by molar-refractivity contribution is 0.0937. The van der Waals surface area contributed by atoms with Crippen molar-refractivity contribution >= 4 is 38.9 Å². The van der Waals surface area contributed by atoms with E-state index in [9.17, 15) is 13.2 Å². The maximum Gasteiger partial charge on any atom is 0.270 e. The Labute approximate surface area is 190 Å². The summed E-state index contributed by atoms with van der Waals surface area (Å²) in [7, 11) is -3.46. The van der Waals surface area contributed by atoms with Gasteiger partial charge in [-0.15, -0.1) is 11.3 Å². The third-order valence-electron chi connectivity index (χ3n) is 5.35. The summed E-state index contributed by atoms with van der Waals surface area (Å²) in [5.74, 6) is 0.00161. The number of halogens is 1. The van der Waals surface area contributed by atoms with Crippen molar-refractivity contribution < 1.29 is 13.2 Å².